The molecule has 0 amide bonds. The molecule has 22 heavy (non-hydrogen) atoms. The quantitative estimate of drug-likeness (QED) is 0.749. The fourth-order valence-corrected chi connectivity index (χ4v) is 3.41. The number of aryl methyl sites for hydroxylation is 1. The third kappa shape index (κ3) is 2.97. The Hall–Kier alpha value is -1.93. The number of nitrogens with zero attached hydrogens (tertiary/aromatic N) is 1. The van der Waals surface area contributed by atoms with Gasteiger partial charge in [0.2, 0.25) is 5.71 Å². The molecule has 3 rings (SSSR count). The van der Waals surface area contributed by atoms with Crippen molar-refractivity contribution in [1.82, 2.24) is 9.97 Å². The van der Waals surface area contributed by atoms with Gasteiger partial charge in [-0.2, -0.15) is 4.98 Å². The molecule has 0 aromatic carbocycles. The summed E-state index contributed by atoms with van der Waals surface area (Å²) >= 11 is 4.88. The minimum atomic E-state index is -0.532. The number of H-pyrrole nitrogens is 1. The lowest BCUT2D eigenvalue weighted by molar-refractivity contribution is 0.282. The number of hydrogen-bond donors (Lipinski definition) is 1. The molecule has 8 heteroatoms. The first-order chi connectivity index (χ1) is 10.6. The molecule has 1 N–H and O–H groups in total. The molecule has 0 spiro atoms. The van der Waals surface area contributed by atoms with Gasteiger partial charge in [-0.1, -0.05) is 6.92 Å². The zero-order valence-corrected chi connectivity index (χ0v) is 13.9. The van der Waals surface area contributed by atoms with E-state index in [0.29, 0.717) is 12.0 Å². The fourth-order valence-electron chi connectivity index (χ4n) is 2.05. The molecular weight excluding hydrogens is 372 g/mol. The van der Waals surface area contributed by atoms with Crippen LogP contribution in [-0.4, -0.2) is 9.97 Å². The van der Waals surface area contributed by atoms with E-state index in [1.807, 2.05) is 18.4 Å². The van der Waals surface area contributed by atoms with Gasteiger partial charge in [0.15, 0.2) is 0 Å². The minimum Gasteiger partial charge on any atom is -0.459 e. The molecular formula is C14H11BrN2O4S. The molecule has 3 aromatic heterocycles. The van der Waals surface area contributed by atoms with Gasteiger partial charge in [-0.25, -0.2) is 4.79 Å². The van der Waals surface area contributed by atoms with Crippen LogP contribution in [0.2, 0.25) is 0 Å². The second kappa shape index (κ2) is 6.05. The highest BCUT2D eigenvalue weighted by Crippen LogP contribution is 2.21. The van der Waals surface area contributed by atoms with E-state index in [2.05, 4.69) is 25.9 Å². The Morgan fingerprint density at radius 2 is 2.23 bits per heavy atom. The minimum absolute atomic E-state index is 0.00420. The van der Waals surface area contributed by atoms with Crippen molar-refractivity contribution in [2.75, 3.05) is 0 Å². The summed E-state index contributed by atoms with van der Waals surface area (Å²) in [4.78, 5) is 31.3. The molecule has 0 saturated heterocycles. The third-order valence-electron chi connectivity index (χ3n) is 3.03. The summed E-state index contributed by atoms with van der Waals surface area (Å²) in [5.74, 6) is 0. The smallest absolute Gasteiger partial charge is 0.337 e. The molecule has 0 saturated carbocycles. The summed E-state index contributed by atoms with van der Waals surface area (Å²) in [5.41, 5.74) is -0.312. The normalized spacial score (nSPS) is 11.0. The Bertz CT molecular complexity index is 944. The Labute approximate surface area is 136 Å². The van der Waals surface area contributed by atoms with Gasteiger partial charge in [-0.15, -0.1) is 11.3 Å². The van der Waals surface area contributed by atoms with Crippen molar-refractivity contribution in [2.45, 2.75) is 20.0 Å². The van der Waals surface area contributed by atoms with Crippen molar-refractivity contribution in [3.05, 3.63) is 53.2 Å². The molecule has 3 heterocycles. The van der Waals surface area contributed by atoms with E-state index >= 15 is 0 Å². The number of fused-ring (bicyclic) bond motifs is 1. The van der Waals surface area contributed by atoms with Crippen LogP contribution in [0.4, 0.5) is 0 Å². The van der Waals surface area contributed by atoms with E-state index < -0.39 is 5.63 Å². The third-order valence-corrected chi connectivity index (χ3v) is 4.70. The lowest BCUT2D eigenvalue weighted by atomic mass is 10.1. The van der Waals surface area contributed by atoms with Crippen molar-refractivity contribution in [2.24, 2.45) is 0 Å². The monoisotopic (exact) mass is 382 g/mol. The predicted molar refractivity (Wildman–Crippen MR) is 86.6 cm³/mol. The average Bonchev–Trinajstić information content (AvgIpc) is 2.89. The molecule has 114 valence electrons. The van der Waals surface area contributed by atoms with Gasteiger partial charge in [0.05, 0.1) is 0 Å². The number of rotatable bonds is 4. The van der Waals surface area contributed by atoms with Crippen LogP contribution in [-0.2, 0) is 13.0 Å². The summed E-state index contributed by atoms with van der Waals surface area (Å²) in [6.07, 6.45) is 0.538. The number of hydrogen-bond acceptors (Lipinski definition) is 6. The van der Waals surface area contributed by atoms with Crippen LogP contribution in [0, 0.1) is 0 Å². The number of thiophene rings is 1. The highest BCUT2D eigenvalue weighted by atomic mass is 79.9. The number of ether oxygens (including phenoxy) is 1. The second-order valence-electron chi connectivity index (χ2n) is 4.52. The van der Waals surface area contributed by atoms with E-state index in [0.717, 1.165) is 9.35 Å². The van der Waals surface area contributed by atoms with Crippen LogP contribution in [0.25, 0.3) is 11.1 Å². The van der Waals surface area contributed by atoms with Gasteiger partial charge in [0, 0.05) is 20.8 Å². The summed E-state index contributed by atoms with van der Waals surface area (Å²) in [7, 11) is 0. The maximum Gasteiger partial charge on any atom is 0.337 e. The first-order valence-corrected chi connectivity index (χ1v) is 8.17. The number of aromatic amines is 1. The average molecular weight is 383 g/mol. The number of nitrogens with one attached hydrogen (secondary N) is 1. The van der Waals surface area contributed by atoms with Gasteiger partial charge in [-0.05, 0) is 34.0 Å². The molecule has 0 atom stereocenters. The van der Waals surface area contributed by atoms with Crippen molar-refractivity contribution in [3.8, 4) is 6.01 Å². The van der Waals surface area contributed by atoms with Crippen LogP contribution >= 0.6 is 27.3 Å². The van der Waals surface area contributed by atoms with Gasteiger partial charge in [-0.3, -0.25) is 9.78 Å². The largest absolute Gasteiger partial charge is 0.459 e. The summed E-state index contributed by atoms with van der Waals surface area (Å²) in [5, 5.41) is 2.22. The summed E-state index contributed by atoms with van der Waals surface area (Å²) in [6, 6.07) is 3.25. The molecule has 0 bridgehead atoms. The molecule has 0 aliphatic rings. The maximum atomic E-state index is 12.2. The molecule has 0 radical (unpaired) electrons. The van der Waals surface area contributed by atoms with Crippen LogP contribution in [0.3, 0.4) is 0 Å². The van der Waals surface area contributed by atoms with E-state index in [1.165, 1.54) is 17.4 Å². The van der Waals surface area contributed by atoms with E-state index in [-0.39, 0.29) is 29.3 Å². The van der Waals surface area contributed by atoms with Gasteiger partial charge in [0.25, 0.3) is 11.6 Å². The van der Waals surface area contributed by atoms with Crippen molar-refractivity contribution in [1.29, 1.82) is 0 Å². The highest BCUT2D eigenvalue weighted by Gasteiger charge is 2.12. The maximum absolute atomic E-state index is 12.2. The topological polar surface area (TPSA) is 85.2 Å². The zero-order chi connectivity index (χ0) is 15.7. The molecule has 0 unspecified atom stereocenters. The van der Waals surface area contributed by atoms with Gasteiger partial charge >= 0.3 is 5.63 Å². The molecule has 6 nitrogen and oxygen atoms in total. The van der Waals surface area contributed by atoms with E-state index in [9.17, 15) is 9.59 Å². The fraction of sp³-hybridized carbons (Fsp3) is 0.214. The standard InChI is InChI=1S/C14H11BrN2O4S/c1-2-7-3-10(18)21-13-11(7)12(19)16-14(17-13)20-5-9-4-8(15)6-22-9/h3-4,6H,2,5H2,1H3,(H,16,17,19). The van der Waals surface area contributed by atoms with Crippen LogP contribution in [0.15, 0.2) is 36.0 Å². The molecule has 0 aliphatic carbocycles. The van der Waals surface area contributed by atoms with Crippen molar-refractivity contribution in [3.63, 3.8) is 0 Å². The lowest BCUT2D eigenvalue weighted by Gasteiger charge is -2.05. The molecule has 0 fully saturated rings. The van der Waals surface area contributed by atoms with Crippen LogP contribution in [0.1, 0.15) is 17.4 Å². The van der Waals surface area contributed by atoms with Crippen molar-refractivity contribution < 1.29 is 9.15 Å². The Morgan fingerprint density at radius 1 is 1.41 bits per heavy atom. The Kier molecular flexibility index (Phi) is 4.12. The predicted octanol–water partition coefficient (Wildman–Crippen LogP) is 2.84. The van der Waals surface area contributed by atoms with Crippen LogP contribution in [0.5, 0.6) is 6.01 Å². The Morgan fingerprint density at radius 3 is 2.91 bits per heavy atom. The van der Waals surface area contributed by atoms with E-state index in [1.54, 1.807) is 0 Å². The van der Waals surface area contributed by atoms with Crippen molar-refractivity contribution >= 4 is 38.4 Å². The first kappa shape index (κ1) is 15.0. The molecule has 0 aliphatic heterocycles. The highest BCUT2D eigenvalue weighted by molar-refractivity contribution is 9.10. The van der Waals surface area contributed by atoms with Gasteiger partial charge in [0.1, 0.15) is 12.0 Å². The second-order valence-corrected chi connectivity index (χ2v) is 6.43. The van der Waals surface area contributed by atoms with E-state index in [4.69, 9.17) is 9.15 Å². The number of halogens is 1. The molecule has 3 aromatic rings. The SMILES string of the molecule is CCc1cc(=O)oc2nc(OCc3cc(Br)cs3)[nH]c(=O)c12. The Balaban J connectivity index is 1.98. The van der Waals surface area contributed by atoms with Gasteiger partial charge < -0.3 is 9.15 Å². The lowest BCUT2D eigenvalue weighted by Crippen LogP contribution is -2.15. The first-order valence-electron chi connectivity index (χ1n) is 6.49. The van der Waals surface area contributed by atoms with Crippen LogP contribution < -0.4 is 15.9 Å². The summed E-state index contributed by atoms with van der Waals surface area (Å²) in [6.45, 7) is 2.12. The zero-order valence-electron chi connectivity index (χ0n) is 11.5. The summed E-state index contributed by atoms with van der Waals surface area (Å²) < 4.78 is 11.4. The number of aromatic nitrogens is 2.